The number of rotatable bonds is 9. The zero-order valence-electron chi connectivity index (χ0n) is 12.3. The summed E-state index contributed by atoms with van der Waals surface area (Å²) in [5, 5.41) is 2.90. The first-order valence-corrected chi connectivity index (χ1v) is 7.19. The zero-order valence-corrected chi connectivity index (χ0v) is 12.3. The lowest BCUT2D eigenvalue weighted by Gasteiger charge is -2.20. The van der Waals surface area contributed by atoms with Crippen molar-refractivity contribution in [2.75, 3.05) is 26.2 Å². The molecule has 0 aliphatic heterocycles. The van der Waals surface area contributed by atoms with E-state index in [0.29, 0.717) is 31.7 Å². The van der Waals surface area contributed by atoms with Gasteiger partial charge in [-0.15, -0.1) is 0 Å². The van der Waals surface area contributed by atoms with Crippen LogP contribution in [-0.4, -0.2) is 49.1 Å². The topological polar surface area (TPSA) is 58.6 Å². The fourth-order valence-electron chi connectivity index (χ4n) is 1.87. The third-order valence-corrected chi connectivity index (χ3v) is 3.09. The Morgan fingerprint density at radius 3 is 2.53 bits per heavy atom. The number of esters is 1. The maximum Gasteiger partial charge on any atom is 0.320 e. The molecule has 5 nitrogen and oxygen atoms in total. The van der Waals surface area contributed by atoms with Gasteiger partial charge in [0.2, 0.25) is 5.91 Å². The molecule has 0 bridgehead atoms. The van der Waals surface area contributed by atoms with Crippen molar-refractivity contribution in [3.8, 4) is 0 Å². The number of nitrogens with zero attached hydrogens (tertiary/aromatic N) is 1. The molecular formula is C14H26N2O3. The van der Waals surface area contributed by atoms with Crippen molar-refractivity contribution in [1.29, 1.82) is 0 Å². The predicted molar refractivity (Wildman–Crippen MR) is 73.7 cm³/mol. The highest BCUT2D eigenvalue weighted by molar-refractivity contribution is 5.79. The van der Waals surface area contributed by atoms with Gasteiger partial charge in [-0.25, -0.2) is 0 Å². The van der Waals surface area contributed by atoms with Gasteiger partial charge < -0.3 is 10.1 Å². The van der Waals surface area contributed by atoms with Crippen LogP contribution in [0.1, 0.15) is 40.0 Å². The van der Waals surface area contributed by atoms with Gasteiger partial charge >= 0.3 is 5.97 Å². The van der Waals surface area contributed by atoms with Crippen molar-refractivity contribution in [3.63, 3.8) is 0 Å². The molecule has 1 aliphatic carbocycles. The first-order valence-electron chi connectivity index (χ1n) is 7.19. The van der Waals surface area contributed by atoms with Crippen molar-refractivity contribution < 1.29 is 14.3 Å². The van der Waals surface area contributed by atoms with Crippen LogP contribution in [0.15, 0.2) is 0 Å². The van der Waals surface area contributed by atoms with Crippen LogP contribution in [0, 0.1) is 5.92 Å². The number of carbonyl (C=O) groups excluding carboxylic acids is 2. The summed E-state index contributed by atoms with van der Waals surface area (Å²) in [6.45, 7) is 7.65. The van der Waals surface area contributed by atoms with Crippen LogP contribution in [0.2, 0.25) is 0 Å². The van der Waals surface area contributed by atoms with Crippen LogP contribution in [0.4, 0.5) is 0 Å². The van der Waals surface area contributed by atoms with Gasteiger partial charge in [-0.3, -0.25) is 14.5 Å². The number of nitrogens with one attached hydrogen (secondary N) is 1. The fourth-order valence-corrected chi connectivity index (χ4v) is 1.87. The van der Waals surface area contributed by atoms with E-state index in [1.165, 1.54) is 0 Å². The molecule has 19 heavy (non-hydrogen) atoms. The summed E-state index contributed by atoms with van der Waals surface area (Å²) in [5.74, 6) is 0.334. The smallest absolute Gasteiger partial charge is 0.320 e. The first kappa shape index (κ1) is 16.0. The minimum atomic E-state index is -0.246. The molecule has 1 N–H and O–H groups in total. The average Bonchev–Trinajstić information content (AvgIpc) is 3.11. The van der Waals surface area contributed by atoms with E-state index < -0.39 is 0 Å². The molecule has 1 rings (SSSR count). The molecule has 0 aromatic rings. The van der Waals surface area contributed by atoms with E-state index in [1.54, 1.807) is 6.92 Å². The molecule has 5 heteroatoms. The van der Waals surface area contributed by atoms with E-state index in [-0.39, 0.29) is 18.4 Å². The molecule has 1 aliphatic rings. The van der Waals surface area contributed by atoms with Crippen LogP contribution < -0.4 is 5.32 Å². The van der Waals surface area contributed by atoms with Crippen LogP contribution >= 0.6 is 0 Å². The molecule has 0 unspecified atom stereocenters. The van der Waals surface area contributed by atoms with Crippen LogP contribution in [0.3, 0.4) is 0 Å². The third-order valence-electron chi connectivity index (χ3n) is 3.09. The zero-order chi connectivity index (χ0) is 14.3. The summed E-state index contributed by atoms with van der Waals surface area (Å²) >= 11 is 0. The minimum absolute atomic E-state index is 0.00292. The number of carbonyl (C=O) groups is 2. The molecule has 0 aromatic carbocycles. The van der Waals surface area contributed by atoms with Crippen molar-refractivity contribution in [2.24, 2.45) is 5.92 Å². The molecule has 0 aromatic heterocycles. The molecule has 1 saturated carbocycles. The molecular weight excluding hydrogens is 244 g/mol. The summed E-state index contributed by atoms with van der Waals surface area (Å²) < 4.78 is 4.93. The number of amides is 1. The van der Waals surface area contributed by atoms with Crippen LogP contribution in [0.25, 0.3) is 0 Å². The van der Waals surface area contributed by atoms with Crippen LogP contribution in [-0.2, 0) is 14.3 Å². The van der Waals surface area contributed by atoms with Gasteiger partial charge in [0.1, 0.15) is 0 Å². The molecule has 110 valence electrons. The van der Waals surface area contributed by atoms with Gasteiger partial charge in [0.25, 0.3) is 0 Å². The molecule has 0 saturated heterocycles. The Morgan fingerprint density at radius 2 is 2.00 bits per heavy atom. The maximum absolute atomic E-state index is 11.8. The molecule has 1 fully saturated rings. The van der Waals surface area contributed by atoms with E-state index in [0.717, 1.165) is 19.3 Å². The fraction of sp³-hybridized carbons (Fsp3) is 0.857. The Hall–Kier alpha value is -1.10. The van der Waals surface area contributed by atoms with Crippen molar-refractivity contribution in [3.05, 3.63) is 0 Å². The second kappa shape index (κ2) is 8.15. The Labute approximate surface area is 115 Å². The lowest BCUT2D eigenvalue weighted by atomic mass is 10.1. The van der Waals surface area contributed by atoms with Crippen molar-refractivity contribution in [2.45, 2.75) is 46.1 Å². The van der Waals surface area contributed by atoms with Gasteiger partial charge in [-0.1, -0.05) is 13.8 Å². The second-order valence-corrected chi connectivity index (χ2v) is 5.47. The Bertz CT molecular complexity index is 301. The van der Waals surface area contributed by atoms with E-state index in [4.69, 9.17) is 4.74 Å². The molecule has 0 atom stereocenters. The molecule has 0 spiro atoms. The minimum Gasteiger partial charge on any atom is -0.465 e. The maximum atomic E-state index is 11.8. The summed E-state index contributed by atoms with van der Waals surface area (Å²) in [7, 11) is 0. The third kappa shape index (κ3) is 7.15. The normalized spacial score (nSPS) is 14.8. The van der Waals surface area contributed by atoms with Crippen LogP contribution in [0.5, 0.6) is 0 Å². The highest BCUT2D eigenvalue weighted by atomic mass is 16.5. The van der Waals surface area contributed by atoms with E-state index >= 15 is 0 Å². The van der Waals surface area contributed by atoms with Gasteiger partial charge in [0.05, 0.1) is 19.7 Å². The van der Waals surface area contributed by atoms with Gasteiger partial charge in [-0.05, 0) is 32.1 Å². The monoisotopic (exact) mass is 270 g/mol. The average molecular weight is 270 g/mol. The SMILES string of the molecule is CCOC(=O)CN(CC(=O)NCCC(C)C)C1CC1. The van der Waals surface area contributed by atoms with Crippen molar-refractivity contribution in [1.82, 2.24) is 10.2 Å². The van der Waals surface area contributed by atoms with E-state index in [1.807, 2.05) is 4.90 Å². The number of hydrogen-bond donors (Lipinski definition) is 1. The summed E-state index contributed by atoms with van der Waals surface area (Å²) in [5.41, 5.74) is 0. The number of hydrogen-bond acceptors (Lipinski definition) is 4. The Morgan fingerprint density at radius 1 is 1.32 bits per heavy atom. The number of ether oxygens (including phenoxy) is 1. The van der Waals surface area contributed by atoms with E-state index in [2.05, 4.69) is 19.2 Å². The molecule has 0 radical (unpaired) electrons. The highest BCUT2D eigenvalue weighted by Gasteiger charge is 2.31. The van der Waals surface area contributed by atoms with Gasteiger partial charge in [0.15, 0.2) is 0 Å². The lowest BCUT2D eigenvalue weighted by molar-refractivity contribution is -0.144. The summed E-state index contributed by atoms with van der Waals surface area (Å²) in [6, 6.07) is 0.375. The standard InChI is InChI=1S/C14H26N2O3/c1-4-19-14(18)10-16(12-5-6-12)9-13(17)15-8-7-11(2)3/h11-12H,4-10H2,1-3H3,(H,15,17). The second-order valence-electron chi connectivity index (χ2n) is 5.47. The van der Waals surface area contributed by atoms with Gasteiger partial charge in [-0.2, -0.15) is 0 Å². The van der Waals surface area contributed by atoms with E-state index in [9.17, 15) is 9.59 Å². The Balaban J connectivity index is 2.28. The highest BCUT2D eigenvalue weighted by Crippen LogP contribution is 2.26. The Kier molecular flexibility index (Phi) is 6.84. The molecule has 0 heterocycles. The van der Waals surface area contributed by atoms with Gasteiger partial charge in [0, 0.05) is 12.6 Å². The largest absolute Gasteiger partial charge is 0.465 e. The quantitative estimate of drug-likeness (QED) is 0.639. The lowest BCUT2D eigenvalue weighted by Crippen LogP contribution is -2.41. The summed E-state index contributed by atoms with van der Waals surface area (Å²) in [4.78, 5) is 25.2. The summed E-state index contributed by atoms with van der Waals surface area (Å²) in [6.07, 6.45) is 3.12. The molecule has 1 amide bonds. The predicted octanol–water partition coefficient (Wildman–Crippen LogP) is 1.18. The van der Waals surface area contributed by atoms with Crippen molar-refractivity contribution >= 4 is 11.9 Å². The first-order chi connectivity index (χ1) is 9.02.